The molecule has 0 bridgehead atoms. The van der Waals surface area contributed by atoms with Crippen LogP contribution in [0.5, 0.6) is 5.75 Å². The van der Waals surface area contributed by atoms with Gasteiger partial charge in [0.05, 0.1) is 24.1 Å². The first-order valence-corrected chi connectivity index (χ1v) is 9.02. The van der Waals surface area contributed by atoms with Crippen LogP contribution in [0.3, 0.4) is 0 Å². The highest BCUT2D eigenvalue weighted by Gasteiger charge is 2.38. The molecule has 3 rings (SSSR count). The highest BCUT2D eigenvalue weighted by atomic mass is 16.3. The van der Waals surface area contributed by atoms with Gasteiger partial charge >= 0.3 is 0 Å². The Morgan fingerprint density at radius 3 is 2.48 bits per heavy atom. The maximum Gasteiger partial charge on any atom is 0.279 e. The Labute approximate surface area is 167 Å². The molecular formula is C20H22N4O5. The lowest BCUT2D eigenvalue weighted by atomic mass is 10.1. The molecular weight excluding hydrogens is 376 g/mol. The average Bonchev–Trinajstić information content (AvgIpc) is 3.28. The van der Waals surface area contributed by atoms with Crippen LogP contribution in [0.25, 0.3) is 0 Å². The minimum atomic E-state index is -0.525. The van der Waals surface area contributed by atoms with E-state index < -0.39 is 11.8 Å². The fourth-order valence-corrected chi connectivity index (χ4v) is 2.92. The van der Waals surface area contributed by atoms with Gasteiger partial charge in [-0.25, -0.2) is 0 Å². The van der Waals surface area contributed by atoms with Crippen LogP contribution in [-0.4, -0.2) is 53.3 Å². The number of rotatable bonds is 7. The van der Waals surface area contributed by atoms with E-state index in [9.17, 15) is 19.5 Å². The van der Waals surface area contributed by atoms with Crippen molar-refractivity contribution in [1.82, 2.24) is 15.1 Å². The second kappa shape index (κ2) is 8.09. The molecule has 2 heterocycles. The number of likely N-dealkylation sites (N-methyl/N-ethyl adjacent to an activating group) is 1. The Hall–Kier alpha value is -3.75. The Bertz CT molecular complexity index is 979. The fourth-order valence-electron chi connectivity index (χ4n) is 2.92. The summed E-state index contributed by atoms with van der Waals surface area (Å²) >= 11 is 0. The van der Waals surface area contributed by atoms with Crippen molar-refractivity contribution in [3.05, 3.63) is 59.3 Å². The lowest BCUT2D eigenvalue weighted by Gasteiger charge is -2.15. The van der Waals surface area contributed by atoms with E-state index in [0.29, 0.717) is 5.76 Å². The van der Waals surface area contributed by atoms with Gasteiger partial charge in [-0.05, 0) is 31.2 Å². The first-order chi connectivity index (χ1) is 13.8. The number of hydrogen-bond acceptors (Lipinski definition) is 7. The molecule has 1 aliphatic rings. The number of para-hydroxylation sites is 1. The molecule has 0 saturated heterocycles. The van der Waals surface area contributed by atoms with E-state index in [0.717, 1.165) is 4.90 Å². The number of carbonyl (C=O) groups is 3. The van der Waals surface area contributed by atoms with E-state index in [2.05, 4.69) is 10.6 Å². The lowest BCUT2D eigenvalue weighted by Crippen LogP contribution is -2.33. The molecule has 1 aromatic heterocycles. The van der Waals surface area contributed by atoms with Crippen LogP contribution in [0.2, 0.25) is 0 Å². The summed E-state index contributed by atoms with van der Waals surface area (Å²) in [5.41, 5.74) is 0.282. The molecule has 3 amide bonds. The summed E-state index contributed by atoms with van der Waals surface area (Å²) in [7, 11) is 3.14. The molecule has 9 heteroatoms. The molecule has 0 saturated carbocycles. The number of aromatic hydroxyl groups is 1. The van der Waals surface area contributed by atoms with Crippen molar-refractivity contribution in [2.24, 2.45) is 0 Å². The normalized spacial score (nSPS) is 13.8. The number of anilines is 1. The average molecular weight is 398 g/mol. The Balaban J connectivity index is 1.95. The van der Waals surface area contributed by atoms with Crippen molar-refractivity contribution in [2.45, 2.75) is 13.5 Å². The molecule has 2 aromatic rings. The third-order valence-corrected chi connectivity index (χ3v) is 4.44. The predicted molar refractivity (Wildman–Crippen MR) is 105 cm³/mol. The summed E-state index contributed by atoms with van der Waals surface area (Å²) in [5.74, 6) is -1.11. The van der Waals surface area contributed by atoms with Crippen LogP contribution in [0.15, 0.2) is 52.4 Å². The van der Waals surface area contributed by atoms with E-state index in [-0.39, 0.29) is 47.4 Å². The molecule has 3 N–H and O–H groups in total. The molecule has 0 spiro atoms. The van der Waals surface area contributed by atoms with Crippen LogP contribution in [0.4, 0.5) is 5.69 Å². The number of carbonyl (C=O) groups excluding carboxylic acids is 3. The van der Waals surface area contributed by atoms with Gasteiger partial charge in [0, 0.05) is 20.6 Å². The van der Waals surface area contributed by atoms with Gasteiger partial charge in [0.15, 0.2) is 5.75 Å². The molecule has 29 heavy (non-hydrogen) atoms. The number of benzene rings is 1. The number of imide groups is 1. The van der Waals surface area contributed by atoms with Crippen molar-refractivity contribution in [1.29, 1.82) is 0 Å². The van der Waals surface area contributed by atoms with Crippen molar-refractivity contribution in [2.75, 3.05) is 26.0 Å². The van der Waals surface area contributed by atoms with Crippen LogP contribution < -0.4 is 10.6 Å². The number of furan rings is 1. The second-order valence-corrected chi connectivity index (χ2v) is 6.56. The number of phenols is 1. The van der Waals surface area contributed by atoms with Gasteiger partial charge in [-0.3, -0.25) is 19.3 Å². The zero-order valence-corrected chi connectivity index (χ0v) is 16.4. The van der Waals surface area contributed by atoms with Gasteiger partial charge in [0.2, 0.25) is 0 Å². The van der Waals surface area contributed by atoms with Gasteiger partial charge in [0.25, 0.3) is 17.7 Å². The number of amides is 3. The summed E-state index contributed by atoms with van der Waals surface area (Å²) in [6.45, 7) is 2.09. The summed E-state index contributed by atoms with van der Waals surface area (Å²) < 4.78 is 5.25. The third-order valence-electron chi connectivity index (χ3n) is 4.44. The molecule has 0 aliphatic carbocycles. The minimum absolute atomic E-state index is 0.00634. The maximum atomic E-state index is 12.7. The van der Waals surface area contributed by atoms with E-state index in [4.69, 9.17) is 4.42 Å². The van der Waals surface area contributed by atoms with E-state index in [1.54, 1.807) is 39.2 Å². The zero-order valence-electron chi connectivity index (χ0n) is 16.4. The van der Waals surface area contributed by atoms with Crippen LogP contribution in [-0.2, 0) is 16.1 Å². The standard InChI is InChI=1S/C20H22N4O5/c1-4-24-19(27)15(21-11-12-7-6-10-29-12)16(20(24)28)22-14-9-5-8-13(17(14)25)18(26)23(2)3/h5-10,21-22,25H,4,11H2,1-3H3. The van der Waals surface area contributed by atoms with Crippen molar-refractivity contribution >= 4 is 23.4 Å². The maximum absolute atomic E-state index is 12.7. The minimum Gasteiger partial charge on any atom is -0.505 e. The van der Waals surface area contributed by atoms with Crippen LogP contribution >= 0.6 is 0 Å². The molecule has 152 valence electrons. The topological polar surface area (TPSA) is 115 Å². The van der Waals surface area contributed by atoms with Crippen molar-refractivity contribution < 1.29 is 23.9 Å². The Morgan fingerprint density at radius 2 is 1.86 bits per heavy atom. The van der Waals surface area contributed by atoms with Crippen molar-refractivity contribution in [3.8, 4) is 5.75 Å². The summed E-state index contributed by atoms with van der Waals surface area (Å²) in [5, 5.41) is 16.3. The van der Waals surface area contributed by atoms with Crippen LogP contribution in [0.1, 0.15) is 23.0 Å². The molecule has 1 aromatic carbocycles. The summed E-state index contributed by atoms with van der Waals surface area (Å²) in [4.78, 5) is 40.0. The van der Waals surface area contributed by atoms with E-state index >= 15 is 0 Å². The van der Waals surface area contributed by atoms with E-state index in [1.165, 1.54) is 23.3 Å². The van der Waals surface area contributed by atoms with Gasteiger partial charge in [-0.1, -0.05) is 6.07 Å². The monoisotopic (exact) mass is 398 g/mol. The first-order valence-electron chi connectivity index (χ1n) is 9.02. The van der Waals surface area contributed by atoms with E-state index in [1.807, 2.05) is 0 Å². The molecule has 1 aliphatic heterocycles. The first kappa shape index (κ1) is 20.0. The van der Waals surface area contributed by atoms with Crippen molar-refractivity contribution in [3.63, 3.8) is 0 Å². The number of hydrogen-bond donors (Lipinski definition) is 3. The van der Waals surface area contributed by atoms with Crippen LogP contribution in [0, 0.1) is 0 Å². The third kappa shape index (κ3) is 3.79. The SMILES string of the molecule is CCN1C(=O)C(NCc2ccco2)=C(Nc2cccc(C(=O)N(C)C)c2O)C1=O. The molecule has 0 atom stereocenters. The second-order valence-electron chi connectivity index (χ2n) is 6.56. The predicted octanol–water partition coefficient (Wildman–Crippen LogP) is 1.49. The molecule has 9 nitrogen and oxygen atoms in total. The summed E-state index contributed by atoms with van der Waals surface area (Å²) in [6.07, 6.45) is 1.51. The quantitative estimate of drug-likeness (QED) is 0.478. The Kier molecular flexibility index (Phi) is 5.58. The highest BCUT2D eigenvalue weighted by Crippen LogP contribution is 2.31. The summed E-state index contributed by atoms with van der Waals surface area (Å²) in [6, 6.07) is 8.03. The largest absolute Gasteiger partial charge is 0.505 e. The van der Waals surface area contributed by atoms with Gasteiger partial charge in [0.1, 0.15) is 17.2 Å². The number of nitrogens with one attached hydrogen (secondary N) is 2. The fraction of sp³-hybridized carbons (Fsp3) is 0.250. The Morgan fingerprint density at radius 1 is 1.14 bits per heavy atom. The smallest absolute Gasteiger partial charge is 0.279 e. The lowest BCUT2D eigenvalue weighted by molar-refractivity contribution is -0.137. The molecule has 0 fully saturated rings. The van der Waals surface area contributed by atoms with Gasteiger partial charge < -0.3 is 25.1 Å². The van der Waals surface area contributed by atoms with Gasteiger partial charge in [-0.2, -0.15) is 0 Å². The molecule has 0 unspecified atom stereocenters. The zero-order chi connectivity index (χ0) is 21.1. The molecule has 0 radical (unpaired) electrons. The highest BCUT2D eigenvalue weighted by molar-refractivity contribution is 6.20. The number of phenolic OH excluding ortho intramolecular Hbond substituents is 1. The number of nitrogens with zero attached hydrogens (tertiary/aromatic N) is 2. The van der Waals surface area contributed by atoms with Gasteiger partial charge in [-0.15, -0.1) is 0 Å².